The molecule has 1 aliphatic heterocycles. The zero-order chi connectivity index (χ0) is 13.6. The van der Waals surface area contributed by atoms with E-state index >= 15 is 0 Å². The molecular weight excluding hydrogens is 306 g/mol. The first-order valence-electron chi connectivity index (χ1n) is 5.84. The minimum atomic E-state index is -2.94. The summed E-state index contributed by atoms with van der Waals surface area (Å²) in [4.78, 5) is 11.3. The van der Waals surface area contributed by atoms with Crippen molar-refractivity contribution in [2.45, 2.75) is 13.0 Å². The van der Waals surface area contributed by atoms with Gasteiger partial charge in [0.15, 0.2) is 9.84 Å². The third kappa shape index (κ3) is 2.42. The van der Waals surface area contributed by atoms with Crippen LogP contribution in [0.25, 0.3) is 10.2 Å². The molecule has 0 aromatic carbocycles. The van der Waals surface area contributed by atoms with Crippen LogP contribution in [0.3, 0.4) is 0 Å². The second-order valence-electron chi connectivity index (χ2n) is 4.61. The van der Waals surface area contributed by atoms with Crippen molar-refractivity contribution in [3.8, 4) is 0 Å². The summed E-state index contributed by atoms with van der Waals surface area (Å²) < 4.78 is 23.3. The lowest BCUT2D eigenvalue weighted by Crippen LogP contribution is -2.47. The Bertz CT molecular complexity index is 729. The van der Waals surface area contributed by atoms with Crippen LogP contribution in [0.2, 0.25) is 5.28 Å². The highest BCUT2D eigenvalue weighted by atomic mass is 35.5. The highest BCUT2D eigenvalue weighted by Crippen LogP contribution is 2.31. The maximum Gasteiger partial charge on any atom is 0.225 e. The first-order chi connectivity index (χ1) is 8.96. The highest BCUT2D eigenvalue weighted by molar-refractivity contribution is 7.91. The lowest BCUT2D eigenvalue weighted by Gasteiger charge is -2.34. The van der Waals surface area contributed by atoms with Gasteiger partial charge in [0.25, 0.3) is 0 Å². The Morgan fingerprint density at radius 1 is 1.47 bits per heavy atom. The van der Waals surface area contributed by atoms with Crippen molar-refractivity contribution >= 4 is 48.8 Å². The molecule has 8 heteroatoms. The first-order valence-corrected chi connectivity index (χ1v) is 8.92. The zero-order valence-corrected chi connectivity index (χ0v) is 12.6. The van der Waals surface area contributed by atoms with E-state index in [1.165, 1.54) is 11.3 Å². The molecule has 5 nitrogen and oxygen atoms in total. The van der Waals surface area contributed by atoms with Crippen LogP contribution in [0.15, 0.2) is 11.4 Å². The molecule has 19 heavy (non-hydrogen) atoms. The van der Waals surface area contributed by atoms with E-state index in [-0.39, 0.29) is 22.8 Å². The average molecular weight is 318 g/mol. The van der Waals surface area contributed by atoms with Gasteiger partial charge >= 0.3 is 0 Å². The Morgan fingerprint density at radius 2 is 2.26 bits per heavy atom. The molecule has 0 bridgehead atoms. The maximum absolute atomic E-state index is 11.6. The van der Waals surface area contributed by atoms with Gasteiger partial charge in [-0.1, -0.05) is 0 Å². The fourth-order valence-electron chi connectivity index (χ4n) is 2.35. The van der Waals surface area contributed by atoms with Crippen molar-refractivity contribution in [1.29, 1.82) is 0 Å². The quantitative estimate of drug-likeness (QED) is 0.752. The molecule has 1 saturated heterocycles. The van der Waals surface area contributed by atoms with Crippen LogP contribution >= 0.6 is 22.9 Å². The molecule has 0 radical (unpaired) electrons. The number of rotatable bonds is 1. The number of hydrogen-bond acceptors (Lipinski definition) is 6. The van der Waals surface area contributed by atoms with Gasteiger partial charge in [-0.15, -0.1) is 11.3 Å². The SMILES string of the molecule is CC1CS(=O)(=O)CCN1c1nc(Cl)nc2sccc12. The van der Waals surface area contributed by atoms with Crippen LogP contribution in [-0.2, 0) is 9.84 Å². The molecule has 1 atom stereocenters. The monoisotopic (exact) mass is 317 g/mol. The smallest absolute Gasteiger partial charge is 0.225 e. The summed E-state index contributed by atoms with van der Waals surface area (Å²) in [7, 11) is -2.94. The van der Waals surface area contributed by atoms with Gasteiger partial charge in [-0.05, 0) is 30.0 Å². The van der Waals surface area contributed by atoms with E-state index in [4.69, 9.17) is 11.6 Å². The largest absolute Gasteiger partial charge is 0.351 e. The molecule has 1 unspecified atom stereocenters. The topological polar surface area (TPSA) is 63.2 Å². The molecule has 2 aromatic rings. The van der Waals surface area contributed by atoms with Gasteiger partial charge in [-0.3, -0.25) is 0 Å². The van der Waals surface area contributed by atoms with Crippen LogP contribution in [-0.4, -0.2) is 42.5 Å². The van der Waals surface area contributed by atoms with Crippen molar-refractivity contribution in [2.24, 2.45) is 0 Å². The first kappa shape index (κ1) is 13.1. The second kappa shape index (κ2) is 4.57. The van der Waals surface area contributed by atoms with Gasteiger partial charge in [-0.25, -0.2) is 13.4 Å². The summed E-state index contributed by atoms with van der Waals surface area (Å²) in [5.74, 6) is 1.05. The Balaban J connectivity index is 2.07. The Kier molecular flexibility index (Phi) is 3.15. The lowest BCUT2D eigenvalue weighted by atomic mass is 10.2. The normalized spacial score (nSPS) is 22.8. The van der Waals surface area contributed by atoms with Gasteiger partial charge < -0.3 is 4.90 Å². The molecular formula is C11H12ClN3O2S2. The molecule has 0 amide bonds. The van der Waals surface area contributed by atoms with E-state index in [0.717, 1.165) is 16.0 Å². The lowest BCUT2D eigenvalue weighted by molar-refractivity contribution is 0.567. The number of hydrogen-bond donors (Lipinski definition) is 0. The van der Waals surface area contributed by atoms with Crippen molar-refractivity contribution in [3.05, 3.63) is 16.7 Å². The second-order valence-corrected chi connectivity index (χ2v) is 8.07. The van der Waals surface area contributed by atoms with E-state index in [2.05, 4.69) is 9.97 Å². The number of anilines is 1. The van der Waals surface area contributed by atoms with Gasteiger partial charge in [-0.2, -0.15) is 4.98 Å². The zero-order valence-electron chi connectivity index (χ0n) is 10.2. The predicted octanol–water partition coefficient (Wildman–Crippen LogP) is 1.97. The van der Waals surface area contributed by atoms with Crippen LogP contribution in [0.5, 0.6) is 0 Å². The molecule has 1 fully saturated rings. The third-order valence-corrected chi connectivity index (χ3v) is 5.99. The summed E-state index contributed by atoms with van der Waals surface area (Å²) in [5, 5.41) is 3.07. The van der Waals surface area contributed by atoms with Crippen molar-refractivity contribution in [3.63, 3.8) is 0 Å². The average Bonchev–Trinajstić information content (AvgIpc) is 2.74. The molecule has 0 N–H and O–H groups in total. The molecule has 1 aliphatic rings. The van der Waals surface area contributed by atoms with Crippen molar-refractivity contribution in [1.82, 2.24) is 9.97 Å². The van der Waals surface area contributed by atoms with E-state index < -0.39 is 9.84 Å². The Labute approximate surface area is 120 Å². The Hall–Kier alpha value is -0.920. The van der Waals surface area contributed by atoms with Crippen LogP contribution in [0.4, 0.5) is 5.82 Å². The number of fused-ring (bicyclic) bond motifs is 1. The van der Waals surface area contributed by atoms with E-state index in [1.54, 1.807) is 0 Å². The van der Waals surface area contributed by atoms with E-state index in [1.807, 2.05) is 23.3 Å². The number of aromatic nitrogens is 2. The summed E-state index contributed by atoms with van der Waals surface area (Å²) in [6, 6.07) is 1.84. The van der Waals surface area contributed by atoms with Crippen molar-refractivity contribution < 1.29 is 8.42 Å². The summed E-state index contributed by atoms with van der Waals surface area (Å²) in [6.07, 6.45) is 0. The number of halogens is 1. The summed E-state index contributed by atoms with van der Waals surface area (Å²) in [6.45, 7) is 2.34. The standard InChI is InChI=1S/C11H12ClN3O2S2/c1-7-6-19(16,17)5-3-15(7)9-8-2-4-18-10(8)14-11(12)13-9/h2,4,7H,3,5-6H2,1H3. The minimum absolute atomic E-state index is 0.104. The number of thiophene rings is 1. The van der Waals surface area contributed by atoms with Gasteiger partial charge in [0, 0.05) is 12.6 Å². The molecule has 102 valence electrons. The van der Waals surface area contributed by atoms with Gasteiger partial charge in [0.1, 0.15) is 10.6 Å². The predicted molar refractivity (Wildman–Crippen MR) is 77.9 cm³/mol. The van der Waals surface area contributed by atoms with E-state index in [0.29, 0.717) is 6.54 Å². The molecule has 2 aromatic heterocycles. The van der Waals surface area contributed by atoms with Crippen molar-refractivity contribution in [2.75, 3.05) is 23.0 Å². The molecule has 3 rings (SSSR count). The molecule has 0 aliphatic carbocycles. The summed E-state index contributed by atoms with van der Waals surface area (Å²) >= 11 is 7.44. The van der Waals surface area contributed by atoms with Gasteiger partial charge in [0.2, 0.25) is 5.28 Å². The highest BCUT2D eigenvalue weighted by Gasteiger charge is 2.30. The summed E-state index contributed by atoms with van der Waals surface area (Å²) in [5.41, 5.74) is 0. The fraction of sp³-hybridized carbons (Fsp3) is 0.455. The van der Waals surface area contributed by atoms with Crippen LogP contribution in [0.1, 0.15) is 6.92 Å². The molecule has 0 saturated carbocycles. The molecule has 3 heterocycles. The van der Waals surface area contributed by atoms with Gasteiger partial charge in [0.05, 0.1) is 16.9 Å². The Morgan fingerprint density at radius 3 is 3.00 bits per heavy atom. The third-order valence-electron chi connectivity index (χ3n) is 3.22. The minimum Gasteiger partial charge on any atom is -0.351 e. The maximum atomic E-state index is 11.6. The molecule has 0 spiro atoms. The van der Waals surface area contributed by atoms with Crippen LogP contribution < -0.4 is 4.90 Å². The number of sulfone groups is 1. The van der Waals surface area contributed by atoms with E-state index in [9.17, 15) is 8.42 Å². The number of nitrogens with zero attached hydrogens (tertiary/aromatic N) is 3. The fourth-order valence-corrected chi connectivity index (χ4v) is 4.88. The van der Waals surface area contributed by atoms with Crippen LogP contribution in [0, 0.1) is 0 Å².